The average molecular weight is 350 g/mol. The highest BCUT2D eigenvalue weighted by atomic mass is 16.1. The molecule has 0 aliphatic heterocycles. The van der Waals surface area contributed by atoms with E-state index in [2.05, 4.69) is 30.7 Å². The molecule has 0 saturated carbocycles. The molecule has 6 heteroatoms. The number of primary amides is 1. The summed E-state index contributed by atoms with van der Waals surface area (Å²) >= 11 is 0. The van der Waals surface area contributed by atoms with Crippen molar-refractivity contribution in [2.24, 2.45) is 5.73 Å². The van der Waals surface area contributed by atoms with E-state index in [0.29, 0.717) is 11.2 Å². The Morgan fingerprint density at radius 3 is 2.50 bits per heavy atom. The van der Waals surface area contributed by atoms with E-state index >= 15 is 0 Å². The molecule has 3 N–H and O–H groups in total. The van der Waals surface area contributed by atoms with Crippen molar-refractivity contribution in [2.45, 2.75) is 40.0 Å². The summed E-state index contributed by atoms with van der Waals surface area (Å²) < 4.78 is 0. The van der Waals surface area contributed by atoms with Crippen molar-refractivity contribution in [1.29, 1.82) is 0 Å². The van der Waals surface area contributed by atoms with Crippen LogP contribution < -0.4 is 11.2 Å². The zero-order valence-corrected chi connectivity index (χ0v) is 15.6. The molecule has 0 aliphatic rings. The van der Waals surface area contributed by atoms with Crippen LogP contribution in [0.15, 0.2) is 29.2 Å². The first-order chi connectivity index (χ1) is 12.1. The number of hydrogen-bond donors (Lipinski definition) is 2. The van der Waals surface area contributed by atoms with Gasteiger partial charge in [-0.1, -0.05) is 20.8 Å². The maximum Gasteiger partial charge on any atom is 0.268 e. The number of nitrogens with zero attached hydrogens (tertiary/aromatic N) is 2. The van der Waals surface area contributed by atoms with E-state index in [0.717, 1.165) is 22.5 Å². The lowest BCUT2D eigenvalue weighted by Crippen LogP contribution is -2.18. The van der Waals surface area contributed by atoms with E-state index in [-0.39, 0.29) is 21.9 Å². The Bertz CT molecular complexity index is 1090. The van der Waals surface area contributed by atoms with Gasteiger partial charge in [0.1, 0.15) is 5.69 Å². The van der Waals surface area contributed by atoms with Crippen LogP contribution in [0.3, 0.4) is 0 Å². The number of hydrogen-bond acceptors (Lipinski definition) is 4. The molecule has 3 heterocycles. The van der Waals surface area contributed by atoms with E-state index < -0.39 is 5.91 Å². The van der Waals surface area contributed by atoms with Crippen LogP contribution in [0.4, 0.5) is 0 Å². The van der Waals surface area contributed by atoms with Crippen molar-refractivity contribution in [2.75, 3.05) is 0 Å². The van der Waals surface area contributed by atoms with E-state index in [4.69, 9.17) is 10.7 Å². The number of pyridine rings is 3. The normalized spacial score (nSPS) is 11.7. The van der Waals surface area contributed by atoms with E-state index in [1.54, 1.807) is 6.07 Å². The summed E-state index contributed by atoms with van der Waals surface area (Å²) in [5.74, 6) is -0.725. The molecule has 0 spiro atoms. The summed E-state index contributed by atoms with van der Waals surface area (Å²) in [5.41, 5.74) is 9.90. The predicted octanol–water partition coefficient (Wildman–Crippen LogP) is 3.00. The Morgan fingerprint density at radius 2 is 1.88 bits per heavy atom. The van der Waals surface area contributed by atoms with Crippen molar-refractivity contribution >= 4 is 16.8 Å². The summed E-state index contributed by atoms with van der Waals surface area (Å²) in [6.45, 7) is 10.3. The first-order valence-corrected chi connectivity index (χ1v) is 8.40. The van der Waals surface area contributed by atoms with Gasteiger partial charge in [-0.25, -0.2) is 0 Å². The van der Waals surface area contributed by atoms with Crippen molar-refractivity contribution < 1.29 is 4.79 Å². The number of nitrogens with one attached hydrogen (secondary N) is 1. The standard InChI is InChI=1S/C20H22N4O2/c1-10-8-12(11(2)23-18(10)20(3,4)5)14-9-15(25)16-13(24-14)6-7-22-17(16)19(21)26/h6-9H,1-5H3,(H2,21,26)(H,24,25). The van der Waals surface area contributed by atoms with Gasteiger partial charge >= 0.3 is 0 Å². The van der Waals surface area contributed by atoms with Crippen LogP contribution in [-0.2, 0) is 5.41 Å². The topological polar surface area (TPSA) is 102 Å². The highest BCUT2D eigenvalue weighted by molar-refractivity contribution is 6.03. The third-order valence-electron chi connectivity index (χ3n) is 4.38. The van der Waals surface area contributed by atoms with Crippen molar-refractivity contribution in [3.63, 3.8) is 0 Å². The summed E-state index contributed by atoms with van der Waals surface area (Å²) in [4.78, 5) is 36.1. The number of H-pyrrole nitrogens is 1. The van der Waals surface area contributed by atoms with Gasteiger partial charge in [0.2, 0.25) is 0 Å². The van der Waals surface area contributed by atoms with Crippen LogP contribution in [0, 0.1) is 13.8 Å². The van der Waals surface area contributed by atoms with Crippen LogP contribution in [0.5, 0.6) is 0 Å². The lowest BCUT2D eigenvalue weighted by atomic mass is 9.87. The fourth-order valence-electron chi connectivity index (χ4n) is 3.27. The van der Waals surface area contributed by atoms with Gasteiger partial charge < -0.3 is 10.7 Å². The van der Waals surface area contributed by atoms with E-state index in [9.17, 15) is 9.59 Å². The fourth-order valence-corrected chi connectivity index (χ4v) is 3.27. The number of aryl methyl sites for hydroxylation is 2. The molecule has 0 saturated heterocycles. The lowest BCUT2D eigenvalue weighted by Gasteiger charge is -2.22. The van der Waals surface area contributed by atoms with Gasteiger partial charge in [0.15, 0.2) is 5.43 Å². The highest BCUT2D eigenvalue weighted by Crippen LogP contribution is 2.29. The molecule has 0 aromatic carbocycles. The number of amides is 1. The molecule has 0 aliphatic carbocycles. The maximum atomic E-state index is 12.6. The molecular weight excluding hydrogens is 328 g/mol. The van der Waals surface area contributed by atoms with Crippen LogP contribution in [-0.4, -0.2) is 20.9 Å². The summed E-state index contributed by atoms with van der Waals surface area (Å²) in [6, 6.07) is 5.17. The second-order valence-corrected chi connectivity index (χ2v) is 7.53. The van der Waals surface area contributed by atoms with Crippen molar-refractivity contribution in [3.8, 4) is 11.3 Å². The monoisotopic (exact) mass is 350 g/mol. The van der Waals surface area contributed by atoms with Crippen molar-refractivity contribution in [3.05, 3.63) is 57.3 Å². The molecule has 3 aromatic heterocycles. The van der Waals surface area contributed by atoms with Crippen LogP contribution in [0.1, 0.15) is 48.2 Å². The molecule has 0 bridgehead atoms. The number of carbonyl (C=O) groups is 1. The molecule has 0 atom stereocenters. The van der Waals surface area contributed by atoms with Gasteiger partial charge in [0, 0.05) is 34.6 Å². The minimum Gasteiger partial charge on any atom is -0.364 e. The second-order valence-electron chi connectivity index (χ2n) is 7.53. The molecule has 134 valence electrons. The number of rotatable bonds is 2. The quantitative estimate of drug-likeness (QED) is 0.741. The Balaban J connectivity index is 2.26. The Morgan fingerprint density at radius 1 is 1.19 bits per heavy atom. The Labute approximate surface area is 151 Å². The van der Waals surface area contributed by atoms with Gasteiger partial charge in [-0.2, -0.15) is 0 Å². The smallest absolute Gasteiger partial charge is 0.268 e. The molecule has 1 amide bonds. The zero-order valence-electron chi connectivity index (χ0n) is 15.6. The van der Waals surface area contributed by atoms with Gasteiger partial charge in [0.25, 0.3) is 5.91 Å². The predicted molar refractivity (Wildman–Crippen MR) is 102 cm³/mol. The van der Waals surface area contributed by atoms with E-state index in [1.165, 1.54) is 12.3 Å². The summed E-state index contributed by atoms with van der Waals surface area (Å²) in [6.07, 6.45) is 1.46. The number of aromatic nitrogens is 3. The molecule has 0 radical (unpaired) electrons. The van der Waals surface area contributed by atoms with Crippen LogP contribution >= 0.6 is 0 Å². The molecule has 0 fully saturated rings. The fraction of sp³-hybridized carbons (Fsp3) is 0.300. The summed E-state index contributed by atoms with van der Waals surface area (Å²) in [7, 11) is 0. The number of carbonyl (C=O) groups excluding carboxylic acids is 1. The minimum absolute atomic E-state index is 0.0237. The first kappa shape index (κ1) is 17.8. The van der Waals surface area contributed by atoms with Crippen molar-refractivity contribution in [1.82, 2.24) is 15.0 Å². The summed E-state index contributed by atoms with van der Waals surface area (Å²) in [5, 5.41) is 0.206. The third kappa shape index (κ3) is 2.98. The lowest BCUT2D eigenvalue weighted by molar-refractivity contribution is 0.0997. The SMILES string of the molecule is Cc1cc(-c2cc(=O)c3c(C(N)=O)nccc3[nH]2)c(C)nc1C(C)(C)C. The van der Waals surface area contributed by atoms with Gasteiger partial charge in [-0.3, -0.25) is 19.6 Å². The van der Waals surface area contributed by atoms with Gasteiger partial charge in [-0.05, 0) is 31.5 Å². The maximum absolute atomic E-state index is 12.6. The third-order valence-corrected chi connectivity index (χ3v) is 4.38. The average Bonchev–Trinajstić information content (AvgIpc) is 2.54. The van der Waals surface area contributed by atoms with E-state index in [1.807, 2.05) is 19.9 Å². The number of fused-ring (bicyclic) bond motifs is 1. The minimum atomic E-state index is -0.725. The number of nitrogens with two attached hydrogens (primary N) is 1. The van der Waals surface area contributed by atoms with Gasteiger partial charge in [-0.15, -0.1) is 0 Å². The molecule has 3 aromatic rings. The molecule has 26 heavy (non-hydrogen) atoms. The molecule has 6 nitrogen and oxygen atoms in total. The zero-order chi connectivity index (χ0) is 19.2. The Hall–Kier alpha value is -3.02. The highest BCUT2D eigenvalue weighted by Gasteiger charge is 2.21. The number of aromatic amines is 1. The second kappa shape index (κ2) is 6.05. The molecule has 0 unspecified atom stereocenters. The molecular formula is C20H22N4O2. The Kier molecular flexibility index (Phi) is 4.14. The van der Waals surface area contributed by atoms with Crippen LogP contribution in [0.2, 0.25) is 0 Å². The largest absolute Gasteiger partial charge is 0.364 e. The first-order valence-electron chi connectivity index (χ1n) is 8.40. The van der Waals surface area contributed by atoms with Gasteiger partial charge in [0.05, 0.1) is 16.6 Å². The van der Waals surface area contributed by atoms with Crippen LogP contribution in [0.25, 0.3) is 22.2 Å². The molecule has 3 rings (SSSR count).